The van der Waals surface area contributed by atoms with Crippen LogP contribution in [0.2, 0.25) is 4.34 Å². The molecule has 0 amide bonds. The zero-order chi connectivity index (χ0) is 18.3. The molecular weight excluding hydrogens is 373 g/mol. The maximum absolute atomic E-state index is 14.0. The molecule has 3 nitrogen and oxygen atoms in total. The highest BCUT2D eigenvalue weighted by Crippen LogP contribution is 2.49. The second kappa shape index (κ2) is 7.21. The summed E-state index contributed by atoms with van der Waals surface area (Å²) in [6, 6.07) is 7.26. The third kappa shape index (κ3) is 3.10. The lowest BCUT2D eigenvalue weighted by molar-refractivity contribution is -0.110. The van der Waals surface area contributed by atoms with Crippen LogP contribution in [0, 0.1) is 5.82 Å². The minimum Gasteiger partial charge on any atom is -0.392 e. The molecule has 1 saturated heterocycles. The van der Waals surface area contributed by atoms with Crippen molar-refractivity contribution >= 4 is 22.9 Å². The fourth-order valence-corrected chi connectivity index (χ4v) is 6.02. The SMILES string of the molecule is C[C@H]1C[C@@]2(CCN1Cc1ccccc1F)OCCc1c2sc(Cl)c1CO. The van der Waals surface area contributed by atoms with Gasteiger partial charge in [0.2, 0.25) is 0 Å². The molecule has 0 bridgehead atoms. The average Bonchev–Trinajstić information content (AvgIpc) is 2.96. The number of halogens is 2. The zero-order valence-electron chi connectivity index (χ0n) is 14.8. The van der Waals surface area contributed by atoms with Gasteiger partial charge in [-0.2, -0.15) is 0 Å². The zero-order valence-corrected chi connectivity index (χ0v) is 16.4. The number of nitrogens with zero attached hydrogens (tertiary/aromatic N) is 1. The van der Waals surface area contributed by atoms with E-state index >= 15 is 0 Å². The molecular formula is C20H23ClFNO2S. The molecule has 3 heterocycles. The van der Waals surface area contributed by atoms with Crippen LogP contribution < -0.4 is 0 Å². The van der Waals surface area contributed by atoms with Crippen molar-refractivity contribution in [3.63, 3.8) is 0 Å². The van der Waals surface area contributed by atoms with Crippen LogP contribution in [0.15, 0.2) is 24.3 Å². The molecule has 1 aromatic heterocycles. The Hall–Kier alpha value is -0.980. The van der Waals surface area contributed by atoms with Gasteiger partial charge >= 0.3 is 0 Å². The van der Waals surface area contributed by atoms with E-state index in [-0.39, 0.29) is 24.1 Å². The summed E-state index contributed by atoms with van der Waals surface area (Å²) in [7, 11) is 0. The number of rotatable bonds is 3. The van der Waals surface area contributed by atoms with Gasteiger partial charge < -0.3 is 9.84 Å². The van der Waals surface area contributed by atoms with E-state index in [0.29, 0.717) is 17.5 Å². The Morgan fingerprint density at radius 3 is 2.96 bits per heavy atom. The topological polar surface area (TPSA) is 32.7 Å². The number of aliphatic hydroxyl groups excluding tert-OH is 1. The molecule has 4 rings (SSSR count). The van der Waals surface area contributed by atoms with E-state index < -0.39 is 0 Å². The molecule has 140 valence electrons. The van der Waals surface area contributed by atoms with Crippen LogP contribution in [0.25, 0.3) is 0 Å². The number of ether oxygens (including phenoxy) is 1. The first-order chi connectivity index (χ1) is 12.5. The van der Waals surface area contributed by atoms with Crippen LogP contribution in [0.5, 0.6) is 0 Å². The van der Waals surface area contributed by atoms with Crippen molar-refractivity contribution in [3.8, 4) is 0 Å². The minimum atomic E-state index is -0.319. The average molecular weight is 396 g/mol. The lowest BCUT2D eigenvalue weighted by Crippen LogP contribution is -2.50. The number of thiophene rings is 1. The second-order valence-electron chi connectivity index (χ2n) is 7.28. The van der Waals surface area contributed by atoms with Gasteiger partial charge in [0.1, 0.15) is 11.4 Å². The van der Waals surface area contributed by atoms with Gasteiger partial charge in [-0.25, -0.2) is 4.39 Å². The Balaban J connectivity index is 1.57. The second-order valence-corrected chi connectivity index (χ2v) is 8.90. The molecule has 1 spiro atoms. The molecule has 1 aromatic carbocycles. The summed E-state index contributed by atoms with van der Waals surface area (Å²) in [6.45, 7) is 4.28. The number of hydrogen-bond acceptors (Lipinski definition) is 4. The van der Waals surface area contributed by atoms with E-state index in [4.69, 9.17) is 16.3 Å². The number of hydrogen-bond donors (Lipinski definition) is 1. The van der Waals surface area contributed by atoms with Gasteiger partial charge in [-0.15, -0.1) is 11.3 Å². The van der Waals surface area contributed by atoms with Crippen molar-refractivity contribution in [1.82, 2.24) is 4.90 Å². The maximum atomic E-state index is 14.0. The first-order valence-electron chi connectivity index (χ1n) is 9.07. The molecule has 0 radical (unpaired) electrons. The predicted molar refractivity (Wildman–Crippen MR) is 102 cm³/mol. The van der Waals surface area contributed by atoms with Crippen LogP contribution in [-0.2, 0) is 29.9 Å². The van der Waals surface area contributed by atoms with E-state index in [9.17, 15) is 9.50 Å². The summed E-state index contributed by atoms with van der Waals surface area (Å²) in [6.07, 6.45) is 2.53. The van der Waals surface area contributed by atoms with Crippen molar-refractivity contribution in [3.05, 3.63) is 56.0 Å². The van der Waals surface area contributed by atoms with E-state index in [1.165, 1.54) is 16.5 Å². The molecule has 6 heteroatoms. The van der Waals surface area contributed by atoms with Crippen LogP contribution in [-0.4, -0.2) is 29.2 Å². The van der Waals surface area contributed by atoms with Crippen molar-refractivity contribution in [2.75, 3.05) is 13.2 Å². The smallest absolute Gasteiger partial charge is 0.127 e. The molecule has 2 aliphatic rings. The molecule has 1 fully saturated rings. The Morgan fingerprint density at radius 1 is 1.42 bits per heavy atom. The van der Waals surface area contributed by atoms with Crippen molar-refractivity contribution in [2.45, 2.75) is 51.0 Å². The number of fused-ring (bicyclic) bond motifs is 2. The third-order valence-corrected chi connectivity index (χ3v) is 7.46. The standard InChI is InChI=1S/C20H23ClFNO2S/c1-13-10-20(7-8-23(13)11-14-4-2-3-5-17(14)22)18-15(6-9-25-20)16(12-24)19(21)26-18/h2-5,13,24H,6-12H2,1H3/t13-,20+/m0/s1. The van der Waals surface area contributed by atoms with E-state index in [0.717, 1.165) is 36.9 Å². The molecule has 26 heavy (non-hydrogen) atoms. The van der Waals surface area contributed by atoms with Gasteiger partial charge in [-0.05, 0) is 37.8 Å². The molecule has 0 aliphatic carbocycles. The quantitative estimate of drug-likeness (QED) is 0.831. The minimum absolute atomic E-state index is 0.0181. The fraction of sp³-hybridized carbons (Fsp3) is 0.500. The lowest BCUT2D eigenvalue weighted by Gasteiger charge is -2.47. The normalized spacial score (nSPS) is 26.2. The van der Waals surface area contributed by atoms with Crippen molar-refractivity contribution in [1.29, 1.82) is 0 Å². The van der Waals surface area contributed by atoms with Crippen molar-refractivity contribution in [2.24, 2.45) is 0 Å². The Labute approximate surface area is 162 Å². The van der Waals surface area contributed by atoms with Crippen LogP contribution >= 0.6 is 22.9 Å². The Kier molecular flexibility index (Phi) is 5.10. The number of piperidine rings is 1. The highest BCUT2D eigenvalue weighted by Gasteiger charge is 2.45. The van der Waals surface area contributed by atoms with E-state index in [1.54, 1.807) is 17.4 Å². The lowest BCUT2D eigenvalue weighted by atomic mass is 9.81. The Bertz CT molecular complexity index is 811. The highest BCUT2D eigenvalue weighted by molar-refractivity contribution is 7.16. The molecule has 0 saturated carbocycles. The summed E-state index contributed by atoms with van der Waals surface area (Å²) < 4.78 is 21.0. The molecule has 0 unspecified atom stereocenters. The third-order valence-electron chi connectivity index (χ3n) is 5.75. The van der Waals surface area contributed by atoms with Crippen LogP contribution in [0.1, 0.15) is 41.3 Å². The van der Waals surface area contributed by atoms with Gasteiger partial charge in [-0.1, -0.05) is 29.8 Å². The summed E-state index contributed by atoms with van der Waals surface area (Å²) in [5.41, 5.74) is 2.47. The molecule has 2 aromatic rings. The number of benzene rings is 1. The van der Waals surface area contributed by atoms with Gasteiger partial charge in [-0.3, -0.25) is 4.90 Å². The summed E-state index contributed by atoms with van der Waals surface area (Å²) in [4.78, 5) is 3.51. The monoisotopic (exact) mass is 395 g/mol. The first kappa shape index (κ1) is 18.4. The predicted octanol–water partition coefficient (Wildman–Crippen LogP) is 4.49. The highest BCUT2D eigenvalue weighted by atomic mass is 35.5. The molecule has 2 aliphatic heterocycles. The van der Waals surface area contributed by atoms with E-state index in [2.05, 4.69) is 11.8 Å². The van der Waals surface area contributed by atoms with Crippen molar-refractivity contribution < 1.29 is 14.2 Å². The van der Waals surface area contributed by atoms with Gasteiger partial charge in [0.05, 0.1) is 17.6 Å². The largest absolute Gasteiger partial charge is 0.392 e. The molecule has 1 N–H and O–H groups in total. The van der Waals surface area contributed by atoms with E-state index in [1.807, 2.05) is 12.1 Å². The fourth-order valence-electron chi connectivity index (χ4n) is 4.34. The van der Waals surface area contributed by atoms with Gasteiger partial charge in [0.25, 0.3) is 0 Å². The first-order valence-corrected chi connectivity index (χ1v) is 10.3. The Morgan fingerprint density at radius 2 is 2.23 bits per heavy atom. The van der Waals surface area contributed by atoms with Gasteiger partial charge in [0, 0.05) is 35.1 Å². The molecule has 2 atom stereocenters. The summed E-state index contributed by atoms with van der Waals surface area (Å²) in [5.74, 6) is -0.145. The number of likely N-dealkylation sites (tertiary alicyclic amines) is 1. The summed E-state index contributed by atoms with van der Waals surface area (Å²) >= 11 is 7.94. The summed E-state index contributed by atoms with van der Waals surface area (Å²) in [5, 5.41) is 9.67. The number of aliphatic hydroxyl groups is 1. The maximum Gasteiger partial charge on any atom is 0.127 e. The van der Waals surface area contributed by atoms with Crippen LogP contribution in [0.4, 0.5) is 4.39 Å². The van der Waals surface area contributed by atoms with Crippen LogP contribution in [0.3, 0.4) is 0 Å². The van der Waals surface area contributed by atoms with Gasteiger partial charge in [0.15, 0.2) is 0 Å².